The summed E-state index contributed by atoms with van der Waals surface area (Å²) >= 11 is 9.96. The van der Waals surface area contributed by atoms with Crippen LogP contribution in [0.25, 0.3) is 0 Å². The first kappa shape index (κ1) is 30.0. The van der Waals surface area contributed by atoms with Crippen molar-refractivity contribution >= 4 is 52.9 Å². The molecule has 0 fully saturated rings. The normalized spacial score (nSPS) is 13.1. The van der Waals surface area contributed by atoms with Gasteiger partial charge in [0, 0.05) is 23.2 Å². The van der Waals surface area contributed by atoms with Gasteiger partial charge >= 0.3 is 23.2 Å². The number of carbonyl (C=O) groups excluding carboxylic acids is 1. The molecule has 2 rings (SSSR count). The summed E-state index contributed by atoms with van der Waals surface area (Å²) in [6, 6.07) is 14.8. The number of nitrogens with zero attached hydrogens (tertiary/aromatic N) is 4. The van der Waals surface area contributed by atoms with E-state index < -0.39 is 23.8 Å². The van der Waals surface area contributed by atoms with Crippen molar-refractivity contribution in [2.24, 2.45) is 26.1 Å². The van der Waals surface area contributed by atoms with E-state index in [1.165, 1.54) is 12.1 Å². The Hall–Kier alpha value is -3.06. The molecule has 1 amide bonds. The van der Waals surface area contributed by atoms with Crippen molar-refractivity contribution in [1.29, 1.82) is 0 Å². The molecule has 0 saturated heterocycles. The number of nitrogens with one attached hydrogen (secondary N) is 2. The van der Waals surface area contributed by atoms with Gasteiger partial charge in [-0.3, -0.25) is 4.79 Å². The quantitative estimate of drug-likeness (QED) is 0.148. The molecule has 0 aliphatic heterocycles. The second-order valence-corrected chi connectivity index (χ2v) is 7.29. The average molecular weight is 571 g/mol. The van der Waals surface area contributed by atoms with E-state index in [-0.39, 0.29) is 39.2 Å². The van der Waals surface area contributed by atoms with Crippen LogP contribution in [0.5, 0.6) is 0 Å². The van der Waals surface area contributed by atoms with Crippen LogP contribution in [-0.2, 0) is 42.3 Å². The Morgan fingerprint density at radius 3 is 1.74 bits per heavy atom. The number of hydrogen-bond acceptors (Lipinski definition) is 7. The predicted molar refractivity (Wildman–Crippen MR) is 132 cm³/mol. The van der Waals surface area contributed by atoms with Crippen LogP contribution in [0.4, 0.5) is 13.2 Å². The summed E-state index contributed by atoms with van der Waals surface area (Å²) < 4.78 is 37.4. The van der Waals surface area contributed by atoms with Crippen LogP contribution in [0.3, 0.4) is 0 Å². The number of nitrogens with two attached hydrogens (primary N) is 1. The van der Waals surface area contributed by atoms with Gasteiger partial charge in [0.25, 0.3) is 0 Å². The maximum atomic E-state index is 12.5. The molecule has 0 unspecified atom stereocenters. The maximum Gasteiger partial charge on any atom is 2.00 e. The van der Waals surface area contributed by atoms with Gasteiger partial charge in [-0.1, -0.05) is 42.5 Å². The Balaban J connectivity index is 0.00000612. The summed E-state index contributed by atoms with van der Waals surface area (Å²) in [6.45, 7) is 1.00. The fourth-order valence-corrected chi connectivity index (χ4v) is 2.76. The van der Waals surface area contributed by atoms with Gasteiger partial charge in [0.15, 0.2) is 0 Å². The molecule has 0 aliphatic rings. The van der Waals surface area contributed by atoms with E-state index in [0.717, 1.165) is 0 Å². The molecule has 0 bridgehead atoms. The second-order valence-electron chi connectivity index (χ2n) is 6.51. The molecule has 0 saturated carbocycles. The zero-order valence-corrected chi connectivity index (χ0v) is 20.7. The average Bonchev–Trinajstić information content (AvgIpc) is 2.80. The molecule has 189 valence electrons. The molecule has 35 heavy (non-hydrogen) atoms. The Kier molecular flexibility index (Phi) is 12.3. The largest absolute Gasteiger partial charge is 2.00 e. The monoisotopic (exact) mass is 570 g/mol. The molecule has 0 heterocycles. The van der Waals surface area contributed by atoms with E-state index in [2.05, 4.69) is 25.7 Å². The molecule has 0 aliphatic carbocycles. The number of rotatable bonds is 8. The summed E-state index contributed by atoms with van der Waals surface area (Å²) in [5, 5.41) is 20.5. The standard InChI is InChI=1S/C21H22F3N7OS2.Cu/c1-2-26-19(33)30-29-17(14-8-10-15(11-9-14)18(25)32)16(13-6-4-3-5-7-13)28-31-20(34)27-12-21(22,23)24;/h3-11H,2,12H2,1H3,(H2,25,32)(H2,26,30,33)(H2,27,31,34);/q;+2/p-2. The number of amides is 1. The van der Waals surface area contributed by atoms with E-state index in [1.54, 1.807) is 42.5 Å². The molecule has 14 heteroatoms. The second kappa shape index (κ2) is 14.4. The summed E-state index contributed by atoms with van der Waals surface area (Å²) in [7, 11) is 0. The molecule has 8 nitrogen and oxygen atoms in total. The zero-order valence-electron chi connectivity index (χ0n) is 18.1. The van der Waals surface area contributed by atoms with E-state index in [9.17, 15) is 18.0 Å². The Bertz CT molecular complexity index is 1110. The van der Waals surface area contributed by atoms with Crippen LogP contribution in [-0.4, -0.2) is 46.9 Å². The molecule has 4 N–H and O–H groups in total. The van der Waals surface area contributed by atoms with E-state index >= 15 is 0 Å². The van der Waals surface area contributed by atoms with Crippen LogP contribution in [0, 0.1) is 0 Å². The van der Waals surface area contributed by atoms with Gasteiger partial charge in [-0.25, -0.2) is 0 Å². The summed E-state index contributed by atoms with van der Waals surface area (Å²) in [4.78, 5) is 11.4. The third kappa shape index (κ3) is 10.4. The Morgan fingerprint density at radius 2 is 1.29 bits per heavy atom. The van der Waals surface area contributed by atoms with Gasteiger partial charge in [-0.2, -0.15) is 23.4 Å². The fraction of sp³-hybridized carbons (Fsp3) is 0.190. The van der Waals surface area contributed by atoms with Gasteiger partial charge in [0.05, 0.1) is 0 Å². The summed E-state index contributed by atoms with van der Waals surface area (Å²) in [6.07, 6.45) is -4.47. The minimum absolute atomic E-state index is 0. The Labute approximate surface area is 221 Å². The van der Waals surface area contributed by atoms with Crippen molar-refractivity contribution in [2.75, 3.05) is 13.1 Å². The summed E-state index contributed by atoms with van der Waals surface area (Å²) in [5.41, 5.74) is 6.93. The van der Waals surface area contributed by atoms with Crippen LogP contribution in [0.2, 0.25) is 0 Å². The number of halogens is 3. The maximum absolute atomic E-state index is 12.5. The van der Waals surface area contributed by atoms with Gasteiger partial charge in [0.2, 0.25) is 5.91 Å². The summed E-state index contributed by atoms with van der Waals surface area (Å²) in [5.74, 6) is -0.615. The number of primary amides is 1. The minimum Gasteiger partial charge on any atom is -0.741 e. The van der Waals surface area contributed by atoms with Crippen LogP contribution < -0.4 is 16.4 Å². The van der Waals surface area contributed by atoms with Crippen molar-refractivity contribution < 1.29 is 35.0 Å². The zero-order chi connectivity index (χ0) is 25.1. The van der Waals surface area contributed by atoms with E-state index in [1.807, 2.05) is 12.2 Å². The molecular weight excluding hydrogens is 551 g/mol. The van der Waals surface area contributed by atoms with Crippen LogP contribution in [0.1, 0.15) is 28.4 Å². The van der Waals surface area contributed by atoms with E-state index in [0.29, 0.717) is 17.7 Å². The van der Waals surface area contributed by atoms with Crippen molar-refractivity contribution in [2.45, 2.75) is 13.1 Å². The fourth-order valence-electron chi connectivity index (χ4n) is 2.46. The smallest absolute Gasteiger partial charge is 0.741 e. The van der Waals surface area contributed by atoms with Gasteiger partial charge < -0.3 is 41.6 Å². The van der Waals surface area contributed by atoms with Crippen LogP contribution >= 0.6 is 0 Å². The SMILES string of the molecule is CCNC([S-])=NN=C(C(=NN=C([S-])NCC(F)(F)F)c1ccccc1)c1ccc(C(N)=O)cc1.[Cu+2]. The minimum atomic E-state index is -4.47. The topological polar surface area (TPSA) is 117 Å². The third-order valence-electron chi connectivity index (χ3n) is 3.96. The number of benzene rings is 2. The van der Waals surface area contributed by atoms with E-state index in [4.69, 9.17) is 31.0 Å². The molecular formula is C21H20CuF3N7OS2. The molecule has 0 spiro atoms. The molecule has 1 radical (unpaired) electrons. The van der Waals surface area contributed by atoms with Gasteiger partial charge in [0.1, 0.15) is 18.0 Å². The first-order valence-corrected chi connectivity index (χ1v) is 10.6. The third-order valence-corrected chi connectivity index (χ3v) is 4.42. The Morgan fingerprint density at radius 1 is 0.829 bits per heavy atom. The first-order chi connectivity index (χ1) is 16.1. The van der Waals surface area contributed by atoms with Crippen molar-refractivity contribution in [3.63, 3.8) is 0 Å². The van der Waals surface area contributed by atoms with Crippen molar-refractivity contribution in [3.05, 3.63) is 71.3 Å². The van der Waals surface area contributed by atoms with Crippen LogP contribution in [0.15, 0.2) is 75.0 Å². The molecule has 0 aromatic heterocycles. The van der Waals surface area contributed by atoms with Crippen molar-refractivity contribution in [3.8, 4) is 0 Å². The molecule has 0 atom stereocenters. The number of amidine groups is 2. The molecule has 2 aromatic carbocycles. The molecule has 2 aromatic rings. The number of alkyl halides is 3. The number of carbonyl (C=O) groups is 1. The predicted octanol–water partition coefficient (Wildman–Crippen LogP) is 2.46. The van der Waals surface area contributed by atoms with Gasteiger partial charge in [-0.15, -0.1) is 10.2 Å². The number of hydrogen-bond donors (Lipinski definition) is 3. The first-order valence-electron chi connectivity index (χ1n) is 9.76. The van der Waals surface area contributed by atoms with Crippen molar-refractivity contribution in [1.82, 2.24) is 10.6 Å². The van der Waals surface area contributed by atoms with Gasteiger partial charge in [-0.05, 0) is 29.4 Å².